The second-order valence-corrected chi connectivity index (χ2v) is 7.50. The van der Waals surface area contributed by atoms with Crippen molar-refractivity contribution in [1.82, 2.24) is 0 Å². The maximum Gasteiger partial charge on any atom is 0.417 e. The highest BCUT2D eigenvalue weighted by Crippen LogP contribution is 2.44. The van der Waals surface area contributed by atoms with Gasteiger partial charge in [0.25, 0.3) is 11.1 Å². The molecule has 0 aromatic heterocycles. The fourth-order valence-corrected chi connectivity index (χ4v) is 4.00. The number of hydrogen-bond acceptors (Lipinski definition) is 6. The van der Waals surface area contributed by atoms with E-state index in [2.05, 4.69) is 0 Å². The third-order valence-corrected chi connectivity index (χ3v) is 5.53. The Labute approximate surface area is 184 Å². The van der Waals surface area contributed by atoms with Gasteiger partial charge in [-0.05, 0) is 48.2 Å². The Balaban J connectivity index is 2.03. The standard InChI is InChI=1S/C20H15ClF3NO5S/c1-28-14-7-4-10(16(29-2)17(14)30-3)8-15-18(26)25(19(27)31-15)11-5-6-13(21)12(9-11)20(22,23)24/h4-9H,1-3H3/b15-8-. The monoisotopic (exact) mass is 473 g/mol. The lowest BCUT2D eigenvalue weighted by Crippen LogP contribution is -2.28. The topological polar surface area (TPSA) is 65.1 Å². The van der Waals surface area contributed by atoms with E-state index in [4.69, 9.17) is 25.8 Å². The molecular formula is C20H15ClF3NO5S. The van der Waals surface area contributed by atoms with Crippen molar-refractivity contribution in [1.29, 1.82) is 0 Å². The van der Waals surface area contributed by atoms with E-state index in [9.17, 15) is 22.8 Å². The summed E-state index contributed by atoms with van der Waals surface area (Å²) in [5.41, 5.74) is -0.962. The molecule has 1 aliphatic heterocycles. The number of anilines is 1. The van der Waals surface area contributed by atoms with Crippen LogP contribution in [0.5, 0.6) is 17.2 Å². The fraction of sp³-hybridized carbons (Fsp3) is 0.200. The number of rotatable bonds is 5. The summed E-state index contributed by atoms with van der Waals surface area (Å²) < 4.78 is 55.3. The molecule has 1 heterocycles. The molecule has 164 valence electrons. The lowest BCUT2D eigenvalue weighted by atomic mass is 10.1. The molecule has 2 aromatic carbocycles. The van der Waals surface area contributed by atoms with Crippen molar-refractivity contribution in [2.45, 2.75) is 6.18 Å². The van der Waals surface area contributed by atoms with E-state index in [1.165, 1.54) is 33.5 Å². The third-order valence-electron chi connectivity index (χ3n) is 4.33. The number of methoxy groups -OCH3 is 3. The predicted octanol–water partition coefficient (Wildman–Crippen LogP) is 5.63. The van der Waals surface area contributed by atoms with E-state index in [0.29, 0.717) is 34.0 Å². The molecule has 6 nitrogen and oxygen atoms in total. The van der Waals surface area contributed by atoms with Crippen molar-refractivity contribution in [2.24, 2.45) is 0 Å². The lowest BCUT2D eigenvalue weighted by Gasteiger charge is -2.16. The van der Waals surface area contributed by atoms with Crippen LogP contribution in [0, 0.1) is 0 Å². The summed E-state index contributed by atoms with van der Waals surface area (Å²) in [5, 5.41) is -1.28. The number of imide groups is 1. The molecule has 2 amide bonds. The number of hydrogen-bond donors (Lipinski definition) is 0. The third kappa shape index (κ3) is 4.31. The minimum atomic E-state index is -4.74. The highest BCUT2D eigenvalue weighted by atomic mass is 35.5. The van der Waals surface area contributed by atoms with Gasteiger partial charge < -0.3 is 14.2 Å². The van der Waals surface area contributed by atoms with Crippen LogP contribution in [0.15, 0.2) is 35.2 Å². The van der Waals surface area contributed by atoms with E-state index in [0.717, 1.165) is 6.07 Å². The summed E-state index contributed by atoms with van der Waals surface area (Å²) in [6, 6.07) is 6.01. The SMILES string of the molecule is COc1ccc(/C=C2\SC(=O)N(c3ccc(Cl)c(C(F)(F)F)c3)C2=O)c(OC)c1OC. The van der Waals surface area contributed by atoms with Gasteiger partial charge in [0.05, 0.1) is 42.5 Å². The second-order valence-electron chi connectivity index (χ2n) is 6.10. The molecule has 1 fully saturated rings. The Bertz CT molecular complexity index is 1090. The first kappa shape index (κ1) is 22.8. The first-order valence-corrected chi connectivity index (χ1v) is 9.75. The molecule has 11 heteroatoms. The van der Waals surface area contributed by atoms with Crippen LogP contribution in [-0.2, 0) is 11.0 Å². The van der Waals surface area contributed by atoms with Crippen LogP contribution in [0.3, 0.4) is 0 Å². The van der Waals surface area contributed by atoms with Gasteiger partial charge in [0, 0.05) is 5.56 Å². The first-order valence-electron chi connectivity index (χ1n) is 8.56. The number of nitrogens with zero attached hydrogens (tertiary/aromatic N) is 1. The summed E-state index contributed by atoms with van der Waals surface area (Å²) in [7, 11) is 4.26. The second kappa shape index (κ2) is 8.72. The molecule has 1 saturated heterocycles. The van der Waals surface area contributed by atoms with Gasteiger partial charge in [-0.2, -0.15) is 13.2 Å². The van der Waals surface area contributed by atoms with Gasteiger partial charge in [0.2, 0.25) is 5.75 Å². The quantitative estimate of drug-likeness (QED) is 0.525. The maximum absolute atomic E-state index is 13.2. The summed E-state index contributed by atoms with van der Waals surface area (Å²) in [5.74, 6) is 0.165. The average Bonchev–Trinajstić information content (AvgIpc) is 3.00. The van der Waals surface area contributed by atoms with E-state index in [1.54, 1.807) is 12.1 Å². The van der Waals surface area contributed by atoms with E-state index in [-0.39, 0.29) is 22.1 Å². The Morgan fingerprint density at radius 1 is 1.00 bits per heavy atom. The highest BCUT2D eigenvalue weighted by Gasteiger charge is 2.39. The molecule has 0 spiro atoms. The number of benzene rings is 2. The van der Waals surface area contributed by atoms with Crippen molar-refractivity contribution >= 4 is 46.3 Å². The number of thioether (sulfide) groups is 1. The Morgan fingerprint density at radius 2 is 1.68 bits per heavy atom. The van der Waals surface area contributed by atoms with Gasteiger partial charge in [0.15, 0.2) is 11.5 Å². The van der Waals surface area contributed by atoms with Crippen LogP contribution >= 0.6 is 23.4 Å². The van der Waals surface area contributed by atoms with Crippen LogP contribution in [0.25, 0.3) is 6.08 Å². The van der Waals surface area contributed by atoms with Crippen LogP contribution < -0.4 is 19.1 Å². The molecule has 0 atom stereocenters. The normalized spacial score (nSPS) is 15.6. The number of ether oxygens (including phenoxy) is 3. The van der Waals surface area contributed by atoms with E-state index in [1.807, 2.05) is 0 Å². The van der Waals surface area contributed by atoms with Crippen molar-refractivity contribution in [3.63, 3.8) is 0 Å². The molecule has 0 N–H and O–H groups in total. The van der Waals surface area contributed by atoms with Crippen LogP contribution in [0.2, 0.25) is 5.02 Å². The van der Waals surface area contributed by atoms with E-state index >= 15 is 0 Å². The van der Waals surface area contributed by atoms with Crippen molar-refractivity contribution in [3.05, 3.63) is 51.4 Å². The van der Waals surface area contributed by atoms with Crippen LogP contribution in [-0.4, -0.2) is 32.5 Å². The van der Waals surface area contributed by atoms with Crippen LogP contribution in [0.4, 0.5) is 23.7 Å². The summed E-state index contributed by atoms with van der Waals surface area (Å²) >= 11 is 6.21. The van der Waals surface area contributed by atoms with Gasteiger partial charge in [-0.25, -0.2) is 4.90 Å². The molecule has 0 saturated carbocycles. The molecule has 31 heavy (non-hydrogen) atoms. The predicted molar refractivity (Wildman–Crippen MR) is 111 cm³/mol. The zero-order chi connectivity index (χ0) is 22.9. The Morgan fingerprint density at radius 3 is 2.26 bits per heavy atom. The number of halogens is 4. The minimum absolute atomic E-state index is 0.000899. The van der Waals surface area contributed by atoms with Gasteiger partial charge in [-0.15, -0.1) is 0 Å². The number of alkyl halides is 3. The molecule has 2 aromatic rings. The minimum Gasteiger partial charge on any atom is -0.493 e. The van der Waals surface area contributed by atoms with Crippen LogP contribution in [0.1, 0.15) is 11.1 Å². The maximum atomic E-state index is 13.2. The lowest BCUT2D eigenvalue weighted by molar-refractivity contribution is -0.137. The number of amides is 2. The van der Waals surface area contributed by atoms with Crippen molar-refractivity contribution in [2.75, 3.05) is 26.2 Å². The number of carbonyl (C=O) groups excluding carboxylic acids is 2. The molecule has 3 rings (SSSR count). The molecule has 1 aliphatic rings. The van der Waals surface area contributed by atoms with Gasteiger partial charge in [-0.3, -0.25) is 9.59 Å². The Hall–Kier alpha value is -2.85. The number of carbonyl (C=O) groups is 2. The zero-order valence-corrected chi connectivity index (χ0v) is 17.9. The summed E-state index contributed by atoms with van der Waals surface area (Å²) in [6.45, 7) is 0. The molecule has 0 radical (unpaired) electrons. The molecule has 0 aliphatic carbocycles. The highest BCUT2D eigenvalue weighted by molar-refractivity contribution is 8.19. The molecular weight excluding hydrogens is 459 g/mol. The summed E-state index contributed by atoms with van der Waals surface area (Å²) in [4.78, 5) is 26.0. The fourth-order valence-electron chi connectivity index (χ4n) is 2.94. The van der Waals surface area contributed by atoms with Gasteiger partial charge >= 0.3 is 6.18 Å². The molecule has 0 bridgehead atoms. The van der Waals surface area contributed by atoms with Gasteiger partial charge in [-0.1, -0.05) is 11.6 Å². The zero-order valence-electron chi connectivity index (χ0n) is 16.4. The first-order chi connectivity index (χ1) is 14.6. The average molecular weight is 474 g/mol. The van der Waals surface area contributed by atoms with Crippen molar-refractivity contribution < 1.29 is 37.0 Å². The molecule has 0 unspecified atom stereocenters. The van der Waals surface area contributed by atoms with Crippen molar-refractivity contribution in [3.8, 4) is 17.2 Å². The Kier molecular flexibility index (Phi) is 6.42. The summed E-state index contributed by atoms with van der Waals surface area (Å²) in [6.07, 6.45) is -3.34. The van der Waals surface area contributed by atoms with E-state index < -0.39 is 27.9 Å². The van der Waals surface area contributed by atoms with Gasteiger partial charge in [0.1, 0.15) is 0 Å². The smallest absolute Gasteiger partial charge is 0.417 e. The largest absolute Gasteiger partial charge is 0.493 e.